The average Bonchev–Trinajstić information content (AvgIpc) is 2.48. The van der Waals surface area contributed by atoms with Crippen molar-refractivity contribution < 1.29 is 9.63 Å². The van der Waals surface area contributed by atoms with Gasteiger partial charge in [-0.2, -0.15) is 0 Å². The van der Waals surface area contributed by atoms with Crippen LogP contribution in [0.1, 0.15) is 21.5 Å². The van der Waals surface area contributed by atoms with Crippen molar-refractivity contribution in [3.05, 3.63) is 71.3 Å². The Kier molecular flexibility index (Phi) is 4.95. The molecular formula is C15H14ClNO2. The molecule has 0 saturated carbocycles. The molecule has 0 aliphatic rings. The second-order valence-electron chi connectivity index (χ2n) is 4.04. The fraction of sp³-hybridized carbons (Fsp3) is 0.133. The second-order valence-corrected chi connectivity index (χ2v) is 4.31. The van der Waals surface area contributed by atoms with E-state index in [0.717, 1.165) is 11.1 Å². The molecule has 2 aromatic carbocycles. The molecule has 98 valence electrons. The zero-order valence-electron chi connectivity index (χ0n) is 10.3. The van der Waals surface area contributed by atoms with E-state index < -0.39 is 0 Å². The van der Waals surface area contributed by atoms with Crippen LogP contribution >= 0.6 is 11.6 Å². The first kappa shape index (κ1) is 13.6. The number of carbonyl (C=O) groups is 1. The van der Waals surface area contributed by atoms with Crippen molar-refractivity contribution in [3.63, 3.8) is 0 Å². The molecule has 0 bridgehead atoms. The minimum atomic E-state index is -0.275. The molecule has 0 fully saturated rings. The van der Waals surface area contributed by atoms with E-state index in [2.05, 4.69) is 5.48 Å². The lowest BCUT2D eigenvalue weighted by Gasteiger charge is -2.06. The molecule has 0 radical (unpaired) electrons. The number of benzene rings is 2. The van der Waals surface area contributed by atoms with Crippen molar-refractivity contribution in [2.24, 2.45) is 0 Å². The average molecular weight is 276 g/mol. The summed E-state index contributed by atoms with van der Waals surface area (Å²) in [6.45, 7) is 0.335. The van der Waals surface area contributed by atoms with Gasteiger partial charge in [0.25, 0.3) is 5.91 Å². The number of halogens is 1. The molecule has 1 amide bonds. The van der Waals surface area contributed by atoms with Crippen LogP contribution in [0.5, 0.6) is 0 Å². The van der Waals surface area contributed by atoms with Crippen LogP contribution in [0, 0.1) is 0 Å². The highest BCUT2D eigenvalue weighted by atomic mass is 35.5. The molecule has 0 aliphatic heterocycles. The summed E-state index contributed by atoms with van der Waals surface area (Å²) in [5, 5.41) is 0. The normalized spacial score (nSPS) is 10.2. The number of nitrogens with one attached hydrogen (secondary N) is 1. The lowest BCUT2D eigenvalue weighted by Crippen LogP contribution is -2.23. The molecule has 19 heavy (non-hydrogen) atoms. The summed E-state index contributed by atoms with van der Waals surface area (Å²) in [5.74, 6) is 0.106. The highest BCUT2D eigenvalue weighted by molar-refractivity contribution is 6.17. The van der Waals surface area contributed by atoms with Crippen molar-refractivity contribution in [3.8, 4) is 0 Å². The van der Waals surface area contributed by atoms with E-state index in [4.69, 9.17) is 16.4 Å². The largest absolute Gasteiger partial charge is 0.274 e. The lowest BCUT2D eigenvalue weighted by atomic mass is 10.1. The minimum absolute atomic E-state index is 0.275. The Morgan fingerprint density at radius 1 is 1.05 bits per heavy atom. The highest BCUT2D eigenvalue weighted by Gasteiger charge is 2.05. The third kappa shape index (κ3) is 4.09. The van der Waals surface area contributed by atoms with Gasteiger partial charge in [-0.05, 0) is 23.3 Å². The van der Waals surface area contributed by atoms with E-state index in [1.807, 2.05) is 36.4 Å². The van der Waals surface area contributed by atoms with Crippen LogP contribution in [0.4, 0.5) is 0 Å². The van der Waals surface area contributed by atoms with Gasteiger partial charge >= 0.3 is 0 Å². The molecule has 0 spiro atoms. The summed E-state index contributed by atoms with van der Waals surface area (Å²) in [6, 6.07) is 16.8. The van der Waals surface area contributed by atoms with Gasteiger partial charge in [0, 0.05) is 11.4 Å². The first-order valence-electron chi connectivity index (χ1n) is 5.90. The zero-order valence-corrected chi connectivity index (χ0v) is 11.1. The maximum Gasteiger partial charge on any atom is 0.274 e. The molecular weight excluding hydrogens is 262 g/mol. The first-order valence-corrected chi connectivity index (χ1v) is 6.44. The monoisotopic (exact) mass is 275 g/mol. The molecule has 4 heteroatoms. The fourth-order valence-electron chi connectivity index (χ4n) is 1.61. The number of alkyl halides is 1. The number of rotatable bonds is 5. The number of hydroxylamine groups is 1. The Hall–Kier alpha value is -1.84. The molecule has 0 aromatic heterocycles. The predicted octanol–water partition coefficient (Wildman–Crippen LogP) is 3.29. The molecule has 0 saturated heterocycles. The van der Waals surface area contributed by atoms with E-state index in [1.54, 1.807) is 18.2 Å². The quantitative estimate of drug-likeness (QED) is 0.672. The Morgan fingerprint density at radius 2 is 1.79 bits per heavy atom. The third-order valence-corrected chi connectivity index (χ3v) is 2.90. The van der Waals surface area contributed by atoms with E-state index >= 15 is 0 Å². The van der Waals surface area contributed by atoms with E-state index in [0.29, 0.717) is 18.1 Å². The van der Waals surface area contributed by atoms with Gasteiger partial charge in [-0.3, -0.25) is 9.63 Å². The molecule has 0 aliphatic carbocycles. The number of hydrogen-bond donors (Lipinski definition) is 1. The Labute approximate surface area is 117 Å². The van der Waals surface area contributed by atoms with Crippen LogP contribution in [0.25, 0.3) is 0 Å². The summed E-state index contributed by atoms with van der Waals surface area (Å²) >= 11 is 5.73. The van der Waals surface area contributed by atoms with E-state index in [9.17, 15) is 4.79 Å². The van der Waals surface area contributed by atoms with Crippen molar-refractivity contribution in [2.45, 2.75) is 12.5 Å². The Morgan fingerprint density at radius 3 is 2.53 bits per heavy atom. The summed E-state index contributed by atoms with van der Waals surface area (Å²) in [6.07, 6.45) is 0. The standard InChI is InChI=1S/C15H14ClNO2/c16-10-13-7-4-8-14(9-13)15(18)17-19-11-12-5-2-1-3-6-12/h1-9H,10-11H2,(H,17,18). The zero-order chi connectivity index (χ0) is 13.5. The molecule has 2 rings (SSSR count). The second kappa shape index (κ2) is 6.92. The SMILES string of the molecule is O=C(NOCc1ccccc1)c1cccc(CCl)c1. The van der Waals surface area contributed by atoms with Crippen LogP contribution in [0.15, 0.2) is 54.6 Å². The maximum atomic E-state index is 11.8. The Balaban J connectivity index is 1.87. The predicted molar refractivity (Wildman–Crippen MR) is 74.7 cm³/mol. The number of amides is 1. The van der Waals surface area contributed by atoms with Crippen molar-refractivity contribution in [1.82, 2.24) is 5.48 Å². The van der Waals surface area contributed by atoms with Crippen molar-refractivity contribution in [1.29, 1.82) is 0 Å². The fourth-order valence-corrected chi connectivity index (χ4v) is 1.78. The van der Waals surface area contributed by atoms with Gasteiger partial charge in [0.2, 0.25) is 0 Å². The molecule has 1 N–H and O–H groups in total. The highest BCUT2D eigenvalue weighted by Crippen LogP contribution is 2.08. The lowest BCUT2D eigenvalue weighted by molar-refractivity contribution is 0.0233. The smallest absolute Gasteiger partial charge is 0.269 e. The maximum absolute atomic E-state index is 11.8. The van der Waals surface area contributed by atoms with Gasteiger partial charge in [0.05, 0.1) is 6.61 Å². The molecule has 2 aromatic rings. The number of hydrogen-bond acceptors (Lipinski definition) is 2. The molecule has 0 heterocycles. The van der Waals surface area contributed by atoms with Crippen LogP contribution in [0.3, 0.4) is 0 Å². The number of carbonyl (C=O) groups excluding carboxylic acids is 1. The molecule has 0 unspecified atom stereocenters. The third-order valence-electron chi connectivity index (χ3n) is 2.59. The Bertz CT molecular complexity index is 543. The van der Waals surface area contributed by atoms with Crippen molar-refractivity contribution >= 4 is 17.5 Å². The molecule has 0 atom stereocenters. The topological polar surface area (TPSA) is 38.3 Å². The summed E-state index contributed by atoms with van der Waals surface area (Å²) in [5.41, 5.74) is 4.85. The first-order chi connectivity index (χ1) is 9.29. The van der Waals surface area contributed by atoms with Crippen LogP contribution in [-0.2, 0) is 17.3 Å². The van der Waals surface area contributed by atoms with E-state index in [1.165, 1.54) is 0 Å². The summed E-state index contributed by atoms with van der Waals surface area (Å²) in [4.78, 5) is 17.0. The van der Waals surface area contributed by atoms with Gasteiger partial charge in [-0.25, -0.2) is 5.48 Å². The molecule has 3 nitrogen and oxygen atoms in total. The summed E-state index contributed by atoms with van der Waals surface area (Å²) < 4.78 is 0. The van der Waals surface area contributed by atoms with E-state index in [-0.39, 0.29) is 5.91 Å². The van der Waals surface area contributed by atoms with Gasteiger partial charge in [-0.1, -0.05) is 42.5 Å². The van der Waals surface area contributed by atoms with Gasteiger partial charge in [-0.15, -0.1) is 11.6 Å². The summed E-state index contributed by atoms with van der Waals surface area (Å²) in [7, 11) is 0. The minimum Gasteiger partial charge on any atom is -0.269 e. The van der Waals surface area contributed by atoms with Crippen LogP contribution in [0.2, 0.25) is 0 Å². The van der Waals surface area contributed by atoms with Crippen LogP contribution in [-0.4, -0.2) is 5.91 Å². The van der Waals surface area contributed by atoms with Gasteiger partial charge < -0.3 is 0 Å². The van der Waals surface area contributed by atoms with Gasteiger partial charge in [0.15, 0.2) is 0 Å². The van der Waals surface area contributed by atoms with Gasteiger partial charge in [0.1, 0.15) is 0 Å². The van der Waals surface area contributed by atoms with Crippen LogP contribution < -0.4 is 5.48 Å². The van der Waals surface area contributed by atoms with Crippen molar-refractivity contribution in [2.75, 3.05) is 0 Å².